The van der Waals surface area contributed by atoms with Crippen molar-refractivity contribution in [3.05, 3.63) is 24.3 Å². The highest BCUT2D eigenvalue weighted by Crippen LogP contribution is 2.33. The number of aromatic nitrogens is 1. The summed E-state index contributed by atoms with van der Waals surface area (Å²) < 4.78 is 2.18. The minimum absolute atomic E-state index is 0.0623. The molecule has 2 atom stereocenters. The van der Waals surface area contributed by atoms with Crippen molar-refractivity contribution >= 4 is 39.2 Å². The second-order valence-electron chi connectivity index (χ2n) is 5.80. The van der Waals surface area contributed by atoms with Gasteiger partial charge in [-0.15, -0.1) is 11.3 Å². The van der Waals surface area contributed by atoms with E-state index in [4.69, 9.17) is 0 Å². The Balaban J connectivity index is 1.70. The summed E-state index contributed by atoms with van der Waals surface area (Å²) in [4.78, 5) is 19.5. The molecule has 1 amide bonds. The molecular weight excluding hydrogens is 312 g/mol. The fraction of sp³-hybridized carbons (Fsp3) is 0.529. The van der Waals surface area contributed by atoms with Gasteiger partial charge in [0.05, 0.1) is 15.5 Å². The maximum atomic E-state index is 12.8. The molecule has 2 heterocycles. The smallest absolute Gasteiger partial charge is 0.236 e. The Kier molecular flexibility index (Phi) is 5.03. The molecule has 0 aliphatic carbocycles. The van der Waals surface area contributed by atoms with Crippen LogP contribution in [0.15, 0.2) is 28.6 Å². The van der Waals surface area contributed by atoms with Crippen LogP contribution in [-0.2, 0) is 4.79 Å². The van der Waals surface area contributed by atoms with Gasteiger partial charge in [0, 0.05) is 12.6 Å². The van der Waals surface area contributed by atoms with Crippen LogP contribution in [0, 0.1) is 0 Å². The summed E-state index contributed by atoms with van der Waals surface area (Å²) in [6, 6.07) is 8.58. The Morgan fingerprint density at radius 3 is 3.05 bits per heavy atom. The average Bonchev–Trinajstić information content (AvgIpc) is 2.96. The van der Waals surface area contributed by atoms with Gasteiger partial charge in [0.25, 0.3) is 0 Å². The van der Waals surface area contributed by atoms with E-state index >= 15 is 0 Å². The van der Waals surface area contributed by atoms with Gasteiger partial charge < -0.3 is 4.90 Å². The molecule has 5 heteroatoms. The van der Waals surface area contributed by atoms with E-state index in [0.717, 1.165) is 35.7 Å². The number of piperidine rings is 1. The first-order valence-corrected chi connectivity index (χ1v) is 9.71. The SMILES string of the molecule is CCC1CCCCN1C(=O)C(C)Sc1nc2ccccc2s1. The highest BCUT2D eigenvalue weighted by molar-refractivity contribution is 8.02. The van der Waals surface area contributed by atoms with Crippen LogP contribution in [0.2, 0.25) is 0 Å². The molecule has 2 aromatic rings. The van der Waals surface area contributed by atoms with Gasteiger partial charge in [0.1, 0.15) is 0 Å². The second-order valence-corrected chi connectivity index (χ2v) is 8.42. The minimum atomic E-state index is -0.0623. The van der Waals surface area contributed by atoms with Crippen LogP contribution in [0.25, 0.3) is 10.2 Å². The van der Waals surface area contributed by atoms with E-state index in [0.29, 0.717) is 6.04 Å². The van der Waals surface area contributed by atoms with E-state index in [-0.39, 0.29) is 11.2 Å². The Labute approximate surface area is 140 Å². The van der Waals surface area contributed by atoms with Crippen molar-refractivity contribution in [2.24, 2.45) is 0 Å². The lowest BCUT2D eigenvalue weighted by atomic mass is 10.00. The summed E-state index contributed by atoms with van der Waals surface area (Å²) in [6.45, 7) is 5.12. The van der Waals surface area contributed by atoms with Crippen LogP contribution < -0.4 is 0 Å². The largest absolute Gasteiger partial charge is 0.339 e. The van der Waals surface area contributed by atoms with Gasteiger partial charge >= 0.3 is 0 Å². The number of carbonyl (C=O) groups is 1. The van der Waals surface area contributed by atoms with E-state index in [1.165, 1.54) is 11.1 Å². The van der Waals surface area contributed by atoms with Gasteiger partial charge in [0.2, 0.25) is 5.91 Å². The zero-order chi connectivity index (χ0) is 15.5. The van der Waals surface area contributed by atoms with Gasteiger partial charge in [0.15, 0.2) is 4.34 Å². The normalized spacial score (nSPS) is 20.3. The molecule has 3 rings (SSSR count). The fourth-order valence-corrected chi connectivity index (χ4v) is 5.33. The first-order chi connectivity index (χ1) is 10.7. The van der Waals surface area contributed by atoms with Crippen LogP contribution in [0.4, 0.5) is 0 Å². The molecular formula is C17H22N2OS2. The molecule has 1 aromatic heterocycles. The fourth-order valence-electron chi connectivity index (χ4n) is 3.05. The molecule has 0 N–H and O–H groups in total. The van der Waals surface area contributed by atoms with Gasteiger partial charge in [-0.3, -0.25) is 4.79 Å². The molecule has 0 saturated carbocycles. The number of amides is 1. The monoisotopic (exact) mass is 334 g/mol. The summed E-state index contributed by atoms with van der Waals surface area (Å²) in [5, 5.41) is -0.0623. The summed E-state index contributed by atoms with van der Waals surface area (Å²) in [6.07, 6.45) is 4.60. The number of hydrogen-bond donors (Lipinski definition) is 0. The average molecular weight is 335 g/mol. The third kappa shape index (κ3) is 3.30. The van der Waals surface area contributed by atoms with Crippen molar-refractivity contribution in [3.63, 3.8) is 0 Å². The Bertz CT molecular complexity index is 622. The number of hydrogen-bond acceptors (Lipinski definition) is 4. The topological polar surface area (TPSA) is 33.2 Å². The van der Waals surface area contributed by atoms with Crippen LogP contribution >= 0.6 is 23.1 Å². The molecule has 22 heavy (non-hydrogen) atoms. The zero-order valence-electron chi connectivity index (χ0n) is 13.1. The second kappa shape index (κ2) is 7.01. The van der Waals surface area contributed by atoms with Gasteiger partial charge in [-0.2, -0.15) is 0 Å². The number of para-hydroxylation sites is 1. The quantitative estimate of drug-likeness (QED) is 0.768. The highest BCUT2D eigenvalue weighted by Gasteiger charge is 2.29. The molecule has 1 aliphatic rings. The molecule has 1 aromatic carbocycles. The summed E-state index contributed by atoms with van der Waals surface area (Å²) in [5.74, 6) is 0.274. The van der Waals surface area contributed by atoms with Crippen molar-refractivity contribution in [1.82, 2.24) is 9.88 Å². The third-order valence-electron chi connectivity index (χ3n) is 4.28. The summed E-state index contributed by atoms with van der Waals surface area (Å²) in [7, 11) is 0. The molecule has 1 saturated heterocycles. The van der Waals surface area contributed by atoms with Crippen LogP contribution in [0.3, 0.4) is 0 Å². The van der Waals surface area contributed by atoms with Crippen molar-refractivity contribution in [3.8, 4) is 0 Å². The number of rotatable bonds is 4. The molecule has 2 unspecified atom stereocenters. The highest BCUT2D eigenvalue weighted by atomic mass is 32.2. The first-order valence-electron chi connectivity index (χ1n) is 8.01. The number of carbonyl (C=O) groups excluding carboxylic acids is 1. The number of benzene rings is 1. The predicted molar refractivity (Wildman–Crippen MR) is 94.6 cm³/mol. The van der Waals surface area contributed by atoms with E-state index in [1.54, 1.807) is 23.1 Å². The number of thiazole rings is 1. The summed E-state index contributed by atoms with van der Waals surface area (Å²) in [5.41, 5.74) is 1.03. The molecule has 1 fully saturated rings. The lowest BCUT2D eigenvalue weighted by Crippen LogP contribution is -2.46. The molecule has 118 valence electrons. The summed E-state index contributed by atoms with van der Waals surface area (Å²) >= 11 is 3.28. The molecule has 0 spiro atoms. The van der Waals surface area contributed by atoms with Gasteiger partial charge in [-0.25, -0.2) is 4.98 Å². The van der Waals surface area contributed by atoms with Gasteiger partial charge in [-0.1, -0.05) is 30.8 Å². The van der Waals surface area contributed by atoms with Crippen molar-refractivity contribution in [2.75, 3.05) is 6.54 Å². The Morgan fingerprint density at radius 2 is 2.27 bits per heavy atom. The first kappa shape index (κ1) is 15.8. The van der Waals surface area contributed by atoms with Crippen LogP contribution in [-0.4, -0.2) is 33.6 Å². The third-order valence-corrected chi connectivity index (χ3v) is 6.50. The number of thioether (sulfide) groups is 1. The molecule has 0 bridgehead atoms. The zero-order valence-corrected chi connectivity index (χ0v) is 14.8. The number of likely N-dealkylation sites (tertiary alicyclic amines) is 1. The molecule has 1 aliphatic heterocycles. The van der Waals surface area contributed by atoms with Crippen molar-refractivity contribution in [2.45, 2.75) is 55.2 Å². The van der Waals surface area contributed by atoms with Crippen molar-refractivity contribution < 1.29 is 4.79 Å². The standard InChI is InChI=1S/C17H22N2OS2/c1-3-13-8-6-7-11-19(13)16(20)12(2)21-17-18-14-9-4-5-10-15(14)22-17/h4-5,9-10,12-13H,3,6-8,11H2,1-2H3. The molecule has 0 radical (unpaired) electrons. The lowest BCUT2D eigenvalue weighted by molar-refractivity contribution is -0.134. The van der Waals surface area contributed by atoms with E-state index in [9.17, 15) is 4.79 Å². The Morgan fingerprint density at radius 1 is 1.45 bits per heavy atom. The van der Waals surface area contributed by atoms with Crippen molar-refractivity contribution in [1.29, 1.82) is 0 Å². The maximum Gasteiger partial charge on any atom is 0.236 e. The van der Waals surface area contributed by atoms with Crippen LogP contribution in [0.5, 0.6) is 0 Å². The van der Waals surface area contributed by atoms with E-state index in [2.05, 4.69) is 22.9 Å². The molecule has 3 nitrogen and oxygen atoms in total. The Hall–Kier alpha value is -1.07. The van der Waals surface area contributed by atoms with Crippen LogP contribution in [0.1, 0.15) is 39.5 Å². The van der Waals surface area contributed by atoms with E-state index in [1.807, 2.05) is 25.1 Å². The number of nitrogens with zero attached hydrogens (tertiary/aromatic N) is 2. The van der Waals surface area contributed by atoms with E-state index < -0.39 is 0 Å². The minimum Gasteiger partial charge on any atom is -0.339 e. The van der Waals surface area contributed by atoms with Gasteiger partial charge in [-0.05, 0) is 44.7 Å². The predicted octanol–water partition coefficient (Wildman–Crippen LogP) is 4.57. The lowest BCUT2D eigenvalue weighted by Gasteiger charge is -2.36. The number of fused-ring (bicyclic) bond motifs is 1. The maximum absolute atomic E-state index is 12.8.